The lowest BCUT2D eigenvalue weighted by Gasteiger charge is -2.19. The third kappa shape index (κ3) is 2.56. The number of halogens is 1. The van der Waals surface area contributed by atoms with Gasteiger partial charge >= 0.3 is 0 Å². The molecular weight excluding hydrogens is 306 g/mol. The first-order valence-electron chi connectivity index (χ1n) is 6.78. The highest BCUT2D eigenvalue weighted by Crippen LogP contribution is 2.35. The van der Waals surface area contributed by atoms with Crippen LogP contribution in [0.4, 0.5) is 0 Å². The molecule has 2 heterocycles. The van der Waals surface area contributed by atoms with E-state index in [-0.39, 0.29) is 5.92 Å². The number of Topliss-reactive ketones (excluding diaryl/α,β-unsaturated/α-hetero) is 1. The van der Waals surface area contributed by atoms with Crippen molar-refractivity contribution >= 4 is 21.7 Å². The van der Waals surface area contributed by atoms with Crippen molar-refractivity contribution in [1.82, 2.24) is 5.32 Å². The molecule has 2 bridgehead atoms. The molecule has 0 radical (unpaired) electrons. The fourth-order valence-electron chi connectivity index (χ4n) is 3.38. The van der Waals surface area contributed by atoms with Crippen molar-refractivity contribution in [3.05, 3.63) is 28.2 Å². The van der Waals surface area contributed by atoms with E-state index in [1.807, 2.05) is 18.2 Å². The molecule has 2 aliphatic heterocycles. The molecule has 102 valence electrons. The Labute approximate surface area is 121 Å². The van der Waals surface area contributed by atoms with Gasteiger partial charge in [-0.1, -0.05) is 15.9 Å². The van der Waals surface area contributed by atoms with Gasteiger partial charge in [0.05, 0.1) is 7.11 Å². The largest absolute Gasteiger partial charge is 0.496 e. The van der Waals surface area contributed by atoms with Gasteiger partial charge in [0.25, 0.3) is 0 Å². The Kier molecular flexibility index (Phi) is 3.63. The summed E-state index contributed by atoms with van der Waals surface area (Å²) in [5.74, 6) is 1.34. The standard InChI is InChI=1S/C15H18BrNO2/c1-19-15-5-2-10(16)6-9(15)7-14(18)12-8-11-3-4-13(12)17-11/h2,5-6,11-13,17H,3-4,7-8H2,1H3. The lowest BCUT2D eigenvalue weighted by atomic mass is 9.84. The molecule has 0 spiro atoms. The summed E-state index contributed by atoms with van der Waals surface area (Å²) in [7, 11) is 1.65. The minimum absolute atomic E-state index is 0.197. The highest BCUT2D eigenvalue weighted by atomic mass is 79.9. The number of hydrogen-bond acceptors (Lipinski definition) is 3. The number of hydrogen-bond donors (Lipinski definition) is 1. The summed E-state index contributed by atoms with van der Waals surface area (Å²) in [6.07, 6.45) is 3.86. The van der Waals surface area contributed by atoms with Crippen LogP contribution >= 0.6 is 15.9 Å². The van der Waals surface area contributed by atoms with Crippen LogP contribution in [0.5, 0.6) is 5.75 Å². The van der Waals surface area contributed by atoms with Gasteiger partial charge in [-0.25, -0.2) is 0 Å². The van der Waals surface area contributed by atoms with E-state index in [1.165, 1.54) is 6.42 Å². The van der Waals surface area contributed by atoms with Gasteiger partial charge in [-0.2, -0.15) is 0 Å². The molecule has 1 aromatic rings. The Morgan fingerprint density at radius 2 is 2.32 bits per heavy atom. The molecule has 19 heavy (non-hydrogen) atoms. The van der Waals surface area contributed by atoms with Crippen molar-refractivity contribution < 1.29 is 9.53 Å². The van der Waals surface area contributed by atoms with Gasteiger partial charge in [0.1, 0.15) is 11.5 Å². The number of carbonyl (C=O) groups is 1. The summed E-state index contributed by atoms with van der Waals surface area (Å²) >= 11 is 3.45. The molecule has 1 N–H and O–H groups in total. The van der Waals surface area contributed by atoms with Crippen LogP contribution in [0.1, 0.15) is 24.8 Å². The predicted molar refractivity (Wildman–Crippen MR) is 77.5 cm³/mol. The van der Waals surface area contributed by atoms with Crippen LogP contribution < -0.4 is 10.1 Å². The van der Waals surface area contributed by atoms with Crippen molar-refractivity contribution in [3.8, 4) is 5.75 Å². The fraction of sp³-hybridized carbons (Fsp3) is 0.533. The SMILES string of the molecule is COc1ccc(Br)cc1CC(=O)C1CC2CCC1N2. The lowest BCUT2D eigenvalue weighted by molar-refractivity contribution is -0.122. The maximum absolute atomic E-state index is 12.5. The molecule has 3 rings (SSSR count). The lowest BCUT2D eigenvalue weighted by Crippen LogP contribution is -2.29. The molecule has 2 saturated heterocycles. The van der Waals surface area contributed by atoms with Gasteiger partial charge in [0.15, 0.2) is 0 Å². The summed E-state index contributed by atoms with van der Waals surface area (Å²) in [6.45, 7) is 0. The molecule has 0 amide bonds. The molecule has 0 aromatic heterocycles. The Morgan fingerprint density at radius 3 is 2.95 bits per heavy atom. The predicted octanol–water partition coefficient (Wildman–Crippen LogP) is 2.71. The van der Waals surface area contributed by atoms with Gasteiger partial charge in [-0.05, 0) is 37.5 Å². The molecule has 1 aromatic carbocycles. The zero-order chi connectivity index (χ0) is 13.4. The van der Waals surface area contributed by atoms with Gasteiger partial charge in [-0.15, -0.1) is 0 Å². The second kappa shape index (κ2) is 5.25. The fourth-order valence-corrected chi connectivity index (χ4v) is 3.79. The topological polar surface area (TPSA) is 38.3 Å². The quantitative estimate of drug-likeness (QED) is 0.925. The van der Waals surface area contributed by atoms with Crippen molar-refractivity contribution in [1.29, 1.82) is 0 Å². The van der Waals surface area contributed by atoms with Gasteiger partial charge < -0.3 is 10.1 Å². The molecule has 3 atom stereocenters. The Bertz CT molecular complexity index is 503. The molecule has 2 aliphatic rings. The molecule has 0 saturated carbocycles. The van der Waals surface area contributed by atoms with Crippen LogP contribution in [0.3, 0.4) is 0 Å². The maximum atomic E-state index is 12.5. The average molecular weight is 324 g/mol. The molecule has 3 unspecified atom stereocenters. The van der Waals surface area contributed by atoms with E-state index in [0.29, 0.717) is 24.3 Å². The summed E-state index contributed by atoms with van der Waals surface area (Å²) < 4.78 is 6.33. The van der Waals surface area contributed by atoms with Crippen LogP contribution in [0.25, 0.3) is 0 Å². The van der Waals surface area contributed by atoms with Crippen LogP contribution in [-0.4, -0.2) is 25.0 Å². The van der Waals surface area contributed by atoms with Crippen molar-refractivity contribution in [2.45, 2.75) is 37.8 Å². The Balaban J connectivity index is 1.74. The average Bonchev–Trinajstić information content (AvgIpc) is 3.01. The smallest absolute Gasteiger partial charge is 0.142 e. The first kappa shape index (κ1) is 13.1. The zero-order valence-electron chi connectivity index (χ0n) is 11.0. The van der Waals surface area contributed by atoms with E-state index in [1.54, 1.807) is 7.11 Å². The monoisotopic (exact) mass is 323 g/mol. The third-order valence-electron chi connectivity index (χ3n) is 4.32. The number of nitrogens with one attached hydrogen (secondary N) is 1. The Morgan fingerprint density at radius 1 is 1.47 bits per heavy atom. The molecule has 4 heteroatoms. The van der Waals surface area contributed by atoms with E-state index in [2.05, 4.69) is 21.2 Å². The first-order chi connectivity index (χ1) is 9.17. The van der Waals surface area contributed by atoms with Gasteiger partial charge in [0.2, 0.25) is 0 Å². The second-order valence-corrected chi connectivity index (χ2v) is 6.40. The number of rotatable bonds is 4. The highest BCUT2D eigenvalue weighted by Gasteiger charge is 2.42. The Hall–Kier alpha value is -0.870. The number of fused-ring (bicyclic) bond motifs is 2. The summed E-state index contributed by atoms with van der Waals surface area (Å²) in [5, 5.41) is 3.52. The van der Waals surface area contributed by atoms with Crippen LogP contribution in [-0.2, 0) is 11.2 Å². The van der Waals surface area contributed by atoms with Gasteiger partial charge in [0, 0.05) is 34.5 Å². The zero-order valence-corrected chi connectivity index (χ0v) is 12.6. The van der Waals surface area contributed by atoms with E-state index in [0.717, 1.165) is 28.6 Å². The highest BCUT2D eigenvalue weighted by molar-refractivity contribution is 9.10. The van der Waals surface area contributed by atoms with Crippen molar-refractivity contribution in [2.24, 2.45) is 5.92 Å². The van der Waals surface area contributed by atoms with E-state index >= 15 is 0 Å². The van der Waals surface area contributed by atoms with E-state index in [4.69, 9.17) is 4.74 Å². The second-order valence-electron chi connectivity index (χ2n) is 5.49. The summed E-state index contributed by atoms with van der Waals surface area (Å²) in [4.78, 5) is 12.5. The maximum Gasteiger partial charge on any atom is 0.142 e. The van der Waals surface area contributed by atoms with E-state index in [9.17, 15) is 4.79 Å². The summed E-state index contributed by atoms with van der Waals surface area (Å²) in [6, 6.07) is 6.81. The number of carbonyl (C=O) groups excluding carboxylic acids is 1. The number of methoxy groups -OCH3 is 1. The molecule has 0 aliphatic carbocycles. The first-order valence-corrected chi connectivity index (χ1v) is 7.58. The van der Waals surface area contributed by atoms with Crippen molar-refractivity contribution in [3.63, 3.8) is 0 Å². The number of ether oxygens (including phenoxy) is 1. The van der Waals surface area contributed by atoms with E-state index < -0.39 is 0 Å². The number of ketones is 1. The van der Waals surface area contributed by atoms with Crippen LogP contribution in [0, 0.1) is 5.92 Å². The van der Waals surface area contributed by atoms with Crippen LogP contribution in [0.15, 0.2) is 22.7 Å². The molecule has 3 nitrogen and oxygen atoms in total. The third-order valence-corrected chi connectivity index (χ3v) is 4.81. The normalized spacial score (nSPS) is 28.6. The van der Waals surface area contributed by atoms with Gasteiger partial charge in [-0.3, -0.25) is 4.79 Å². The van der Waals surface area contributed by atoms with Crippen LogP contribution in [0.2, 0.25) is 0 Å². The minimum Gasteiger partial charge on any atom is -0.496 e. The molecule has 2 fully saturated rings. The molecular formula is C15H18BrNO2. The summed E-state index contributed by atoms with van der Waals surface area (Å²) in [5.41, 5.74) is 0.977. The van der Waals surface area contributed by atoms with Crippen molar-refractivity contribution in [2.75, 3.05) is 7.11 Å². The minimum atomic E-state index is 0.197. The number of benzene rings is 1.